The minimum atomic E-state index is -0.904. The highest BCUT2D eigenvalue weighted by atomic mass is 16.5. The predicted molar refractivity (Wildman–Crippen MR) is 39.0 cm³/mol. The lowest BCUT2D eigenvalue weighted by molar-refractivity contribution is -0.0589. The summed E-state index contributed by atoms with van der Waals surface area (Å²) in [5.41, 5.74) is -0.904. The van der Waals surface area contributed by atoms with E-state index in [1.54, 1.807) is 12.2 Å². The first-order chi connectivity index (χ1) is 5.12. The zero-order valence-corrected chi connectivity index (χ0v) is 6.40. The Balaban J connectivity index is 2.24. The molecule has 2 N–H and O–H groups in total. The summed E-state index contributed by atoms with van der Waals surface area (Å²) in [6.45, 7) is 1.90. The van der Waals surface area contributed by atoms with Gasteiger partial charge in [-0.05, 0) is 6.92 Å². The van der Waals surface area contributed by atoms with Crippen LogP contribution in [0.3, 0.4) is 0 Å². The van der Waals surface area contributed by atoms with E-state index in [0.717, 1.165) is 0 Å². The molecule has 1 heterocycles. The van der Waals surface area contributed by atoms with Crippen LogP contribution in [0.1, 0.15) is 13.3 Å². The molecular formula is C8H12O3. The van der Waals surface area contributed by atoms with E-state index >= 15 is 0 Å². The second kappa shape index (κ2) is 2.06. The average molecular weight is 156 g/mol. The number of fused-ring (bicyclic) bond motifs is 1. The molecule has 2 aliphatic rings. The Bertz CT molecular complexity index is 202. The molecular weight excluding hydrogens is 144 g/mol. The van der Waals surface area contributed by atoms with Gasteiger partial charge in [0.1, 0.15) is 17.8 Å². The van der Waals surface area contributed by atoms with Crippen molar-refractivity contribution in [3.05, 3.63) is 12.2 Å². The number of ether oxygens (including phenoxy) is 1. The molecule has 0 spiro atoms. The van der Waals surface area contributed by atoms with Crippen LogP contribution in [0.5, 0.6) is 0 Å². The van der Waals surface area contributed by atoms with Crippen molar-refractivity contribution in [2.45, 2.75) is 37.3 Å². The standard InChI is InChI=1S/C8H12O3/c1-5-4-8(10)3-2-6(9)7(8)11-5/h2-3,5-7,9-10H,4H2,1H3/t5?,6-,7?,8+/m1/s1. The summed E-state index contributed by atoms with van der Waals surface area (Å²) in [6.07, 6.45) is 2.81. The molecule has 62 valence electrons. The monoisotopic (exact) mass is 156 g/mol. The van der Waals surface area contributed by atoms with Crippen LogP contribution < -0.4 is 0 Å². The van der Waals surface area contributed by atoms with Crippen molar-refractivity contribution < 1.29 is 14.9 Å². The van der Waals surface area contributed by atoms with Gasteiger partial charge in [0.25, 0.3) is 0 Å². The number of aliphatic hydroxyl groups is 2. The summed E-state index contributed by atoms with van der Waals surface area (Å²) in [5.74, 6) is 0. The lowest BCUT2D eigenvalue weighted by Crippen LogP contribution is -2.38. The molecule has 0 bridgehead atoms. The van der Waals surface area contributed by atoms with E-state index in [0.29, 0.717) is 6.42 Å². The molecule has 3 heteroatoms. The number of aliphatic hydroxyl groups excluding tert-OH is 1. The quantitative estimate of drug-likeness (QED) is 0.478. The topological polar surface area (TPSA) is 49.7 Å². The molecule has 0 aromatic carbocycles. The lowest BCUT2D eigenvalue weighted by Gasteiger charge is -2.20. The van der Waals surface area contributed by atoms with Gasteiger partial charge in [0, 0.05) is 6.42 Å². The minimum absolute atomic E-state index is 0.0459. The molecule has 0 amide bonds. The van der Waals surface area contributed by atoms with Crippen molar-refractivity contribution in [2.75, 3.05) is 0 Å². The van der Waals surface area contributed by atoms with Crippen molar-refractivity contribution in [3.63, 3.8) is 0 Å². The molecule has 1 saturated heterocycles. The molecule has 0 saturated carbocycles. The van der Waals surface area contributed by atoms with Gasteiger partial charge in [-0.3, -0.25) is 0 Å². The van der Waals surface area contributed by atoms with Crippen LogP contribution in [0.4, 0.5) is 0 Å². The Morgan fingerprint density at radius 3 is 3.00 bits per heavy atom. The van der Waals surface area contributed by atoms with Gasteiger partial charge in [-0.15, -0.1) is 0 Å². The molecule has 1 aliphatic carbocycles. The van der Waals surface area contributed by atoms with Gasteiger partial charge in [-0.25, -0.2) is 0 Å². The number of hydrogen-bond donors (Lipinski definition) is 2. The summed E-state index contributed by atoms with van der Waals surface area (Å²) >= 11 is 0. The fraction of sp³-hybridized carbons (Fsp3) is 0.750. The van der Waals surface area contributed by atoms with Crippen LogP contribution in [-0.4, -0.2) is 34.1 Å². The fourth-order valence-electron chi connectivity index (χ4n) is 1.90. The Hall–Kier alpha value is -0.380. The van der Waals surface area contributed by atoms with E-state index in [1.807, 2.05) is 6.92 Å². The van der Waals surface area contributed by atoms with Gasteiger partial charge in [-0.2, -0.15) is 0 Å². The van der Waals surface area contributed by atoms with Crippen LogP contribution in [0, 0.1) is 0 Å². The van der Waals surface area contributed by atoms with Gasteiger partial charge in [0.15, 0.2) is 0 Å². The first kappa shape index (κ1) is 7.28. The maximum Gasteiger partial charge on any atom is 0.120 e. The molecule has 11 heavy (non-hydrogen) atoms. The Labute approximate surface area is 65.3 Å². The van der Waals surface area contributed by atoms with Crippen molar-refractivity contribution in [3.8, 4) is 0 Å². The average Bonchev–Trinajstić information content (AvgIpc) is 2.32. The van der Waals surface area contributed by atoms with E-state index in [4.69, 9.17) is 4.74 Å². The normalized spacial score (nSPS) is 55.0. The van der Waals surface area contributed by atoms with Crippen LogP contribution in [0.25, 0.3) is 0 Å². The maximum absolute atomic E-state index is 9.80. The third-order valence-electron chi connectivity index (χ3n) is 2.38. The molecule has 1 aliphatic heterocycles. The molecule has 0 aromatic rings. The van der Waals surface area contributed by atoms with Crippen molar-refractivity contribution in [1.82, 2.24) is 0 Å². The zero-order chi connectivity index (χ0) is 8.06. The van der Waals surface area contributed by atoms with E-state index in [-0.39, 0.29) is 6.10 Å². The van der Waals surface area contributed by atoms with Gasteiger partial charge in [0.05, 0.1) is 6.10 Å². The van der Waals surface area contributed by atoms with Gasteiger partial charge in [0.2, 0.25) is 0 Å². The molecule has 1 fully saturated rings. The fourth-order valence-corrected chi connectivity index (χ4v) is 1.90. The zero-order valence-electron chi connectivity index (χ0n) is 6.40. The maximum atomic E-state index is 9.80. The van der Waals surface area contributed by atoms with E-state index in [9.17, 15) is 10.2 Å². The number of rotatable bonds is 0. The van der Waals surface area contributed by atoms with Crippen LogP contribution in [0.15, 0.2) is 12.2 Å². The van der Waals surface area contributed by atoms with E-state index in [2.05, 4.69) is 0 Å². The molecule has 4 atom stereocenters. The molecule has 0 radical (unpaired) electrons. The summed E-state index contributed by atoms with van der Waals surface area (Å²) in [7, 11) is 0. The minimum Gasteiger partial charge on any atom is -0.386 e. The highest BCUT2D eigenvalue weighted by Crippen LogP contribution is 2.37. The second-order valence-corrected chi connectivity index (χ2v) is 3.41. The first-order valence-corrected chi connectivity index (χ1v) is 3.87. The van der Waals surface area contributed by atoms with Crippen molar-refractivity contribution in [1.29, 1.82) is 0 Å². The summed E-state index contributed by atoms with van der Waals surface area (Å²) < 4.78 is 5.34. The first-order valence-electron chi connectivity index (χ1n) is 3.87. The largest absolute Gasteiger partial charge is 0.386 e. The Morgan fingerprint density at radius 2 is 2.36 bits per heavy atom. The van der Waals surface area contributed by atoms with Gasteiger partial charge in [-0.1, -0.05) is 12.2 Å². The third kappa shape index (κ3) is 0.922. The third-order valence-corrected chi connectivity index (χ3v) is 2.38. The predicted octanol–water partition coefficient (Wildman–Crippen LogP) is -0.174. The summed E-state index contributed by atoms with van der Waals surface area (Å²) in [6, 6.07) is 0. The highest BCUT2D eigenvalue weighted by molar-refractivity contribution is 5.21. The summed E-state index contributed by atoms with van der Waals surface area (Å²) in [4.78, 5) is 0. The Morgan fingerprint density at radius 1 is 1.64 bits per heavy atom. The van der Waals surface area contributed by atoms with E-state index < -0.39 is 17.8 Å². The SMILES string of the molecule is CC1C[C@@]2(O)C=C[C@@H](O)C2O1. The molecule has 2 unspecified atom stereocenters. The van der Waals surface area contributed by atoms with Crippen LogP contribution >= 0.6 is 0 Å². The van der Waals surface area contributed by atoms with Crippen LogP contribution in [0.2, 0.25) is 0 Å². The smallest absolute Gasteiger partial charge is 0.120 e. The highest BCUT2D eigenvalue weighted by Gasteiger charge is 2.50. The van der Waals surface area contributed by atoms with Crippen molar-refractivity contribution in [2.24, 2.45) is 0 Å². The molecule has 0 aromatic heterocycles. The lowest BCUT2D eigenvalue weighted by atomic mass is 9.97. The van der Waals surface area contributed by atoms with Crippen molar-refractivity contribution >= 4 is 0 Å². The number of hydrogen-bond acceptors (Lipinski definition) is 3. The second-order valence-electron chi connectivity index (χ2n) is 3.41. The van der Waals surface area contributed by atoms with Gasteiger partial charge >= 0.3 is 0 Å². The molecule has 3 nitrogen and oxygen atoms in total. The van der Waals surface area contributed by atoms with E-state index in [1.165, 1.54) is 0 Å². The molecule has 2 rings (SSSR count). The van der Waals surface area contributed by atoms with Gasteiger partial charge < -0.3 is 14.9 Å². The van der Waals surface area contributed by atoms with Crippen LogP contribution in [-0.2, 0) is 4.74 Å². The Kier molecular flexibility index (Phi) is 1.36. The summed E-state index contributed by atoms with van der Waals surface area (Å²) in [5, 5.41) is 19.1.